The molecule has 188 valence electrons. The van der Waals surface area contributed by atoms with Gasteiger partial charge < -0.3 is 25.1 Å². The Bertz CT molecular complexity index is 1220. The Balaban J connectivity index is 1.20. The first-order valence-electron chi connectivity index (χ1n) is 11.8. The van der Waals surface area contributed by atoms with E-state index in [0.717, 1.165) is 36.3 Å². The van der Waals surface area contributed by atoms with Crippen molar-refractivity contribution in [3.05, 3.63) is 54.2 Å². The Morgan fingerprint density at radius 1 is 1.17 bits per heavy atom. The smallest absolute Gasteiger partial charge is 0.245 e. The summed E-state index contributed by atoms with van der Waals surface area (Å²) in [7, 11) is 0. The van der Waals surface area contributed by atoms with Crippen molar-refractivity contribution < 1.29 is 14.2 Å². The van der Waals surface area contributed by atoms with E-state index in [4.69, 9.17) is 4.74 Å². The largest absolute Gasteiger partial charge is 0.508 e. The van der Waals surface area contributed by atoms with Gasteiger partial charge in [0, 0.05) is 44.0 Å². The van der Waals surface area contributed by atoms with Crippen molar-refractivity contribution in [2.45, 2.75) is 6.92 Å². The normalized spacial score (nSPS) is 18.1. The molecule has 0 bridgehead atoms. The number of halogens is 1. The van der Waals surface area contributed by atoms with E-state index in [0.29, 0.717) is 37.9 Å². The monoisotopic (exact) mass is 493 g/mol. The van der Waals surface area contributed by atoms with Gasteiger partial charge in [0.25, 0.3) is 0 Å². The highest BCUT2D eigenvalue weighted by molar-refractivity contribution is 5.78. The van der Waals surface area contributed by atoms with Crippen LogP contribution in [0.3, 0.4) is 0 Å². The predicted molar refractivity (Wildman–Crippen MR) is 136 cm³/mol. The van der Waals surface area contributed by atoms with Gasteiger partial charge in [-0.15, -0.1) is 0 Å². The molecule has 4 N–H and O–H groups in total. The third-order valence-corrected chi connectivity index (χ3v) is 5.81. The lowest BCUT2D eigenvalue weighted by molar-refractivity contribution is 0.122. The molecule has 0 aliphatic carbocycles. The van der Waals surface area contributed by atoms with Crippen molar-refractivity contribution >= 4 is 35.0 Å². The fourth-order valence-corrected chi connectivity index (χ4v) is 4.01. The van der Waals surface area contributed by atoms with Crippen molar-refractivity contribution in [1.82, 2.24) is 20.4 Å². The summed E-state index contributed by atoms with van der Waals surface area (Å²) in [6.07, 6.45) is 4.32. The first-order chi connectivity index (χ1) is 17.5. The molecule has 1 aromatic carbocycles. The Morgan fingerprint density at radius 3 is 2.78 bits per heavy atom. The summed E-state index contributed by atoms with van der Waals surface area (Å²) in [5.74, 6) is 0.650. The molecule has 2 aliphatic heterocycles. The number of aromatic hydroxyl groups is 1. The molecule has 0 radical (unpaired) electrons. The molecule has 11 nitrogen and oxygen atoms in total. The molecule has 3 aromatic rings. The number of hydrazone groups is 1. The zero-order chi connectivity index (χ0) is 24.9. The lowest BCUT2D eigenvalue weighted by Crippen LogP contribution is -2.37. The Labute approximate surface area is 208 Å². The average Bonchev–Trinajstić information content (AvgIpc) is 3.33. The molecule has 0 amide bonds. The second-order valence-corrected chi connectivity index (χ2v) is 8.75. The van der Waals surface area contributed by atoms with Gasteiger partial charge in [0.1, 0.15) is 5.75 Å². The van der Waals surface area contributed by atoms with Crippen molar-refractivity contribution in [1.29, 1.82) is 0 Å². The van der Waals surface area contributed by atoms with Crippen LogP contribution in [0.1, 0.15) is 12.6 Å². The number of phenols is 1. The molecule has 2 saturated heterocycles. The van der Waals surface area contributed by atoms with Crippen molar-refractivity contribution in [2.24, 2.45) is 11.0 Å². The van der Waals surface area contributed by atoms with E-state index in [1.54, 1.807) is 24.4 Å². The standard InChI is InChI=1S/C24H28FN9O2/c1-16-11-29-34(15-16)20-8-19(9-21(35)10-20)30-18-3-2-17(26-12-18)13-28-32-24-27-14-22(25)23(31-24)33-4-6-36-7-5-33/h2-3,8-10,12-14,16,29-30,35H,4-7,11,15H2,1H3,(H,27,31,32)/b28-13+. The molecule has 2 aliphatic rings. The number of nitrogens with zero attached hydrogens (tertiary/aromatic N) is 6. The first kappa shape index (κ1) is 23.7. The number of hydrogen-bond acceptors (Lipinski definition) is 11. The van der Waals surface area contributed by atoms with Crippen LogP contribution in [0.25, 0.3) is 0 Å². The molecule has 2 aromatic heterocycles. The van der Waals surface area contributed by atoms with Crippen molar-refractivity contribution in [2.75, 3.05) is 60.0 Å². The van der Waals surface area contributed by atoms with Crippen LogP contribution >= 0.6 is 0 Å². The summed E-state index contributed by atoms with van der Waals surface area (Å²) in [6.45, 7) is 6.16. The molecule has 12 heteroatoms. The van der Waals surface area contributed by atoms with Gasteiger partial charge in [0.05, 0.1) is 48.9 Å². The molecule has 0 saturated carbocycles. The molecular weight excluding hydrogens is 465 g/mol. The summed E-state index contributed by atoms with van der Waals surface area (Å²) in [5, 5.41) is 19.6. The van der Waals surface area contributed by atoms with E-state index in [2.05, 4.69) is 43.1 Å². The highest BCUT2D eigenvalue weighted by Crippen LogP contribution is 2.29. The van der Waals surface area contributed by atoms with Gasteiger partial charge in [-0.25, -0.2) is 20.2 Å². The molecule has 2 fully saturated rings. The maximum atomic E-state index is 14.2. The zero-order valence-electron chi connectivity index (χ0n) is 19.9. The zero-order valence-corrected chi connectivity index (χ0v) is 19.9. The van der Waals surface area contributed by atoms with Gasteiger partial charge in [0.15, 0.2) is 11.6 Å². The number of rotatable bonds is 7. The summed E-state index contributed by atoms with van der Waals surface area (Å²) in [6, 6.07) is 9.02. The number of hydrazine groups is 1. The van der Waals surface area contributed by atoms with Gasteiger partial charge >= 0.3 is 0 Å². The van der Waals surface area contributed by atoms with E-state index in [1.807, 2.05) is 22.0 Å². The summed E-state index contributed by atoms with van der Waals surface area (Å²) >= 11 is 0. The maximum Gasteiger partial charge on any atom is 0.245 e. The van der Waals surface area contributed by atoms with Crippen LogP contribution in [0.15, 0.2) is 47.8 Å². The summed E-state index contributed by atoms with van der Waals surface area (Å²) < 4.78 is 19.5. The van der Waals surface area contributed by atoms with Crippen LogP contribution in [0.2, 0.25) is 0 Å². The minimum atomic E-state index is -0.485. The van der Waals surface area contributed by atoms with E-state index in [1.165, 1.54) is 6.21 Å². The van der Waals surface area contributed by atoms with Crippen LogP contribution in [0, 0.1) is 11.7 Å². The SMILES string of the molecule is CC1CNN(c2cc(O)cc(Nc3ccc(/C=N/Nc4ncc(F)c(N5CCOCC5)n4)nc3)c2)C1. The van der Waals surface area contributed by atoms with Crippen LogP contribution in [-0.4, -0.2) is 65.7 Å². The maximum absolute atomic E-state index is 14.2. The second-order valence-electron chi connectivity index (χ2n) is 8.75. The number of phenolic OH excluding ortho intramolecular Hbond substituents is 1. The molecule has 36 heavy (non-hydrogen) atoms. The fraction of sp³-hybridized carbons (Fsp3) is 0.333. The van der Waals surface area contributed by atoms with Crippen molar-refractivity contribution in [3.63, 3.8) is 0 Å². The molecule has 5 rings (SSSR count). The Morgan fingerprint density at radius 2 is 2.03 bits per heavy atom. The predicted octanol–water partition coefficient (Wildman–Crippen LogP) is 2.70. The fourth-order valence-electron chi connectivity index (χ4n) is 4.01. The molecule has 1 atom stereocenters. The Kier molecular flexibility index (Phi) is 7.05. The number of nitrogens with one attached hydrogen (secondary N) is 3. The number of pyridine rings is 1. The van der Waals surface area contributed by atoms with E-state index >= 15 is 0 Å². The topological polar surface area (TPSA) is 123 Å². The van der Waals surface area contributed by atoms with E-state index in [-0.39, 0.29) is 17.5 Å². The van der Waals surface area contributed by atoms with Crippen LogP contribution in [0.5, 0.6) is 5.75 Å². The molecule has 0 spiro atoms. The van der Waals surface area contributed by atoms with Crippen LogP contribution in [-0.2, 0) is 4.74 Å². The minimum Gasteiger partial charge on any atom is -0.508 e. The number of ether oxygens (including phenoxy) is 1. The average molecular weight is 494 g/mol. The highest BCUT2D eigenvalue weighted by atomic mass is 19.1. The second kappa shape index (κ2) is 10.7. The quantitative estimate of drug-likeness (QED) is 0.289. The van der Waals surface area contributed by atoms with Gasteiger partial charge in [-0.3, -0.25) is 4.98 Å². The summed E-state index contributed by atoms with van der Waals surface area (Å²) in [5.41, 5.74) is 9.07. The minimum absolute atomic E-state index is 0.180. The van der Waals surface area contributed by atoms with E-state index < -0.39 is 5.82 Å². The van der Waals surface area contributed by atoms with Gasteiger partial charge in [-0.2, -0.15) is 10.1 Å². The summed E-state index contributed by atoms with van der Waals surface area (Å²) in [4.78, 5) is 14.4. The van der Waals surface area contributed by atoms with Gasteiger partial charge in [0.2, 0.25) is 5.95 Å². The Hall–Kier alpha value is -4.03. The molecule has 4 heterocycles. The lowest BCUT2D eigenvalue weighted by atomic mass is 10.2. The number of hydrogen-bond donors (Lipinski definition) is 4. The first-order valence-corrected chi connectivity index (χ1v) is 11.8. The van der Waals surface area contributed by atoms with E-state index in [9.17, 15) is 9.50 Å². The number of benzene rings is 1. The third-order valence-electron chi connectivity index (χ3n) is 5.81. The van der Waals surface area contributed by atoms with Crippen LogP contribution in [0.4, 0.5) is 33.2 Å². The molecular formula is C24H28FN9O2. The van der Waals surface area contributed by atoms with Gasteiger partial charge in [-0.05, 0) is 24.1 Å². The number of anilines is 5. The number of morpholine rings is 1. The number of aromatic nitrogens is 3. The van der Waals surface area contributed by atoms with Crippen LogP contribution < -0.4 is 26.1 Å². The lowest BCUT2D eigenvalue weighted by Gasteiger charge is -2.27. The van der Waals surface area contributed by atoms with Gasteiger partial charge in [-0.1, -0.05) is 6.92 Å². The third kappa shape index (κ3) is 5.78. The highest BCUT2D eigenvalue weighted by Gasteiger charge is 2.20. The van der Waals surface area contributed by atoms with Crippen molar-refractivity contribution in [3.8, 4) is 5.75 Å². The molecule has 1 unspecified atom stereocenters.